The second kappa shape index (κ2) is 8.72. The molecule has 3 aromatic carbocycles. The molecular weight excluding hydrogens is 400 g/mol. The number of benzene rings is 3. The lowest BCUT2D eigenvalue weighted by molar-refractivity contribution is -0.154. The monoisotopic (exact) mass is 424 g/mol. The molecule has 0 fully saturated rings. The first-order chi connectivity index (χ1) is 15.5. The predicted molar refractivity (Wildman–Crippen MR) is 123 cm³/mol. The molecule has 3 aromatic rings. The molecule has 0 saturated heterocycles. The van der Waals surface area contributed by atoms with E-state index in [9.17, 15) is 9.59 Å². The first kappa shape index (κ1) is 21.4. The fourth-order valence-electron chi connectivity index (χ4n) is 4.46. The first-order valence-corrected chi connectivity index (χ1v) is 10.5. The van der Waals surface area contributed by atoms with Crippen molar-refractivity contribution < 1.29 is 19.1 Å². The second-order valence-corrected chi connectivity index (χ2v) is 7.79. The van der Waals surface area contributed by atoms with Crippen LogP contribution >= 0.6 is 0 Å². The number of ether oxygens (including phenoxy) is 2. The van der Waals surface area contributed by atoms with Crippen molar-refractivity contribution in [2.45, 2.75) is 12.3 Å². The maximum atomic E-state index is 12.6. The number of rotatable bonds is 4. The van der Waals surface area contributed by atoms with E-state index in [0.29, 0.717) is 0 Å². The molecule has 0 heterocycles. The summed E-state index contributed by atoms with van der Waals surface area (Å²) in [6.07, 6.45) is 0. The number of fused-ring (bicyclic) bond motifs is 3. The van der Waals surface area contributed by atoms with Crippen LogP contribution in [0, 0.1) is 23.7 Å². The van der Waals surface area contributed by atoms with Gasteiger partial charge in [0.05, 0.1) is 20.1 Å². The minimum absolute atomic E-state index is 0.504. The van der Waals surface area contributed by atoms with Gasteiger partial charge in [-0.15, -0.1) is 0 Å². The summed E-state index contributed by atoms with van der Waals surface area (Å²) in [5, 5.41) is 0. The van der Waals surface area contributed by atoms with E-state index in [4.69, 9.17) is 9.47 Å². The van der Waals surface area contributed by atoms with Gasteiger partial charge >= 0.3 is 11.9 Å². The average molecular weight is 424 g/mol. The number of esters is 2. The average Bonchev–Trinajstić information content (AvgIpc) is 3.14. The Morgan fingerprint density at radius 2 is 1.25 bits per heavy atom. The summed E-state index contributed by atoms with van der Waals surface area (Å²) in [6, 6.07) is 26.4. The van der Waals surface area contributed by atoms with Gasteiger partial charge in [-0.25, -0.2) is 0 Å². The highest BCUT2D eigenvalue weighted by Crippen LogP contribution is 2.52. The van der Waals surface area contributed by atoms with Crippen molar-refractivity contribution in [3.8, 4) is 23.0 Å². The molecule has 0 saturated carbocycles. The largest absolute Gasteiger partial charge is 0.469 e. The van der Waals surface area contributed by atoms with E-state index in [2.05, 4.69) is 36.1 Å². The minimum atomic E-state index is -0.951. The molecule has 1 aliphatic rings. The fourth-order valence-corrected chi connectivity index (χ4v) is 4.46. The summed E-state index contributed by atoms with van der Waals surface area (Å²) >= 11 is 0. The fraction of sp³-hybridized carbons (Fsp3) is 0.214. The van der Waals surface area contributed by atoms with E-state index in [0.717, 1.165) is 27.8 Å². The maximum Gasteiger partial charge on any atom is 0.321 e. The Labute approximate surface area is 188 Å². The summed E-state index contributed by atoms with van der Waals surface area (Å²) in [5.41, 5.74) is 4.53. The van der Waals surface area contributed by atoms with E-state index in [1.54, 1.807) is 6.92 Å². The lowest BCUT2D eigenvalue weighted by Gasteiger charge is -2.27. The second-order valence-electron chi connectivity index (χ2n) is 7.79. The molecule has 0 spiro atoms. The molecule has 1 aliphatic carbocycles. The quantitative estimate of drug-likeness (QED) is 0.454. The summed E-state index contributed by atoms with van der Waals surface area (Å²) < 4.78 is 9.84. The summed E-state index contributed by atoms with van der Waals surface area (Å²) in [7, 11) is 2.60. The van der Waals surface area contributed by atoms with E-state index in [-0.39, 0.29) is 0 Å². The number of carbonyl (C=O) groups is 2. The number of hydrogen-bond donors (Lipinski definition) is 0. The van der Waals surface area contributed by atoms with Crippen LogP contribution in [-0.2, 0) is 24.5 Å². The minimum Gasteiger partial charge on any atom is -0.469 e. The van der Waals surface area contributed by atoms with Crippen LogP contribution in [0.3, 0.4) is 0 Å². The molecule has 32 heavy (non-hydrogen) atoms. The third-order valence-electron chi connectivity index (χ3n) is 6.10. The third-order valence-corrected chi connectivity index (χ3v) is 6.10. The van der Waals surface area contributed by atoms with Gasteiger partial charge in [-0.1, -0.05) is 97.6 Å². The normalized spacial score (nSPS) is 14.7. The van der Waals surface area contributed by atoms with Crippen molar-refractivity contribution in [2.24, 2.45) is 11.8 Å². The van der Waals surface area contributed by atoms with Crippen molar-refractivity contribution in [3.63, 3.8) is 0 Å². The van der Waals surface area contributed by atoms with Crippen molar-refractivity contribution in [1.82, 2.24) is 0 Å². The Hall–Kier alpha value is -3.84. The molecule has 1 unspecified atom stereocenters. The van der Waals surface area contributed by atoms with Crippen molar-refractivity contribution in [3.05, 3.63) is 95.6 Å². The van der Waals surface area contributed by atoms with Gasteiger partial charge in [-0.3, -0.25) is 9.59 Å². The van der Waals surface area contributed by atoms with E-state index >= 15 is 0 Å². The highest BCUT2D eigenvalue weighted by molar-refractivity contribution is 5.87. The van der Waals surface area contributed by atoms with Gasteiger partial charge < -0.3 is 9.47 Å². The third kappa shape index (κ3) is 3.36. The van der Waals surface area contributed by atoms with Gasteiger partial charge in [0.15, 0.2) is 0 Å². The van der Waals surface area contributed by atoms with Gasteiger partial charge in [0.2, 0.25) is 0 Å². The van der Waals surface area contributed by atoms with Crippen LogP contribution in [0.5, 0.6) is 0 Å². The molecule has 4 rings (SSSR count). The molecule has 160 valence electrons. The van der Waals surface area contributed by atoms with E-state index in [1.807, 2.05) is 54.6 Å². The summed E-state index contributed by atoms with van der Waals surface area (Å²) in [5.74, 6) is 3.79. The molecule has 0 aliphatic heterocycles. The molecule has 0 N–H and O–H groups in total. The van der Waals surface area contributed by atoms with Gasteiger partial charge in [-0.05, 0) is 27.8 Å². The molecule has 4 heteroatoms. The Morgan fingerprint density at radius 1 is 0.750 bits per heavy atom. The molecule has 0 amide bonds. The molecule has 2 atom stereocenters. The van der Waals surface area contributed by atoms with E-state index < -0.39 is 29.2 Å². The summed E-state index contributed by atoms with van der Waals surface area (Å²) in [6.45, 7) is 1.63. The zero-order chi connectivity index (χ0) is 22.7. The van der Waals surface area contributed by atoms with Crippen LogP contribution in [0.1, 0.15) is 23.6 Å². The Morgan fingerprint density at radius 3 is 1.78 bits per heavy atom. The Balaban J connectivity index is 2.00. The Kier molecular flexibility index (Phi) is 5.83. The highest BCUT2D eigenvalue weighted by atomic mass is 16.5. The van der Waals surface area contributed by atoms with Gasteiger partial charge in [0.25, 0.3) is 0 Å². The SMILES string of the molecule is COC(=O)C(C)[C@H](C#CC1(c2ccccc2)c2ccccc2-c2ccccc21)C(=O)OC. The predicted octanol–water partition coefficient (Wildman–Crippen LogP) is 4.60. The number of methoxy groups -OCH3 is 2. The molecule has 0 radical (unpaired) electrons. The van der Waals surface area contributed by atoms with Crippen LogP contribution in [0.15, 0.2) is 78.9 Å². The van der Waals surface area contributed by atoms with Crippen LogP contribution in [0.4, 0.5) is 0 Å². The van der Waals surface area contributed by atoms with Crippen LogP contribution in [-0.4, -0.2) is 26.2 Å². The first-order valence-electron chi connectivity index (χ1n) is 10.5. The standard InChI is InChI=1S/C28H24O4/c1-19(26(29)31-2)21(27(30)32-3)17-18-28(20-11-5-4-6-12-20)24-15-9-7-13-22(24)23-14-8-10-16-25(23)28/h4-16,19,21H,1-3H3/t19?,21-/m0/s1. The number of carbonyl (C=O) groups excluding carboxylic acids is 2. The molecule has 0 aromatic heterocycles. The van der Waals surface area contributed by atoms with Crippen LogP contribution in [0.2, 0.25) is 0 Å². The van der Waals surface area contributed by atoms with Crippen LogP contribution in [0.25, 0.3) is 11.1 Å². The van der Waals surface area contributed by atoms with E-state index in [1.165, 1.54) is 14.2 Å². The smallest absolute Gasteiger partial charge is 0.321 e. The van der Waals surface area contributed by atoms with Crippen LogP contribution < -0.4 is 0 Å². The number of hydrogen-bond acceptors (Lipinski definition) is 4. The van der Waals surface area contributed by atoms with Gasteiger partial charge in [0.1, 0.15) is 11.3 Å². The lowest BCUT2D eigenvalue weighted by Crippen LogP contribution is -2.30. The summed E-state index contributed by atoms with van der Waals surface area (Å²) in [4.78, 5) is 24.8. The van der Waals surface area contributed by atoms with Gasteiger partial charge in [0, 0.05) is 0 Å². The molecule has 0 bridgehead atoms. The maximum absolute atomic E-state index is 12.6. The topological polar surface area (TPSA) is 52.6 Å². The lowest BCUT2D eigenvalue weighted by atomic mass is 9.72. The molecular formula is C28H24O4. The van der Waals surface area contributed by atoms with Crippen molar-refractivity contribution in [2.75, 3.05) is 14.2 Å². The molecule has 4 nitrogen and oxygen atoms in total. The Bertz CT molecular complexity index is 1170. The highest BCUT2D eigenvalue weighted by Gasteiger charge is 2.43. The van der Waals surface area contributed by atoms with Crippen molar-refractivity contribution in [1.29, 1.82) is 0 Å². The zero-order valence-electron chi connectivity index (χ0n) is 18.3. The van der Waals surface area contributed by atoms with Gasteiger partial charge in [-0.2, -0.15) is 0 Å². The van der Waals surface area contributed by atoms with Crippen molar-refractivity contribution >= 4 is 11.9 Å². The zero-order valence-corrected chi connectivity index (χ0v) is 18.3.